The zero-order valence-electron chi connectivity index (χ0n) is 20.9. The summed E-state index contributed by atoms with van der Waals surface area (Å²) in [5, 5.41) is 3.94. The van der Waals surface area contributed by atoms with Crippen molar-refractivity contribution in [2.45, 2.75) is 64.8 Å². The Labute approximate surface area is 206 Å². The predicted molar refractivity (Wildman–Crippen MR) is 136 cm³/mol. The molecular weight excluding hydrogens is 442 g/mol. The fourth-order valence-electron chi connectivity index (χ4n) is 4.65. The molecule has 35 heavy (non-hydrogen) atoms. The van der Waals surface area contributed by atoms with Gasteiger partial charge in [-0.2, -0.15) is 0 Å². The number of benzene rings is 2. The molecule has 0 bridgehead atoms. The van der Waals surface area contributed by atoms with Crippen LogP contribution in [0.3, 0.4) is 0 Å². The first-order valence-electron chi connectivity index (χ1n) is 12.2. The van der Waals surface area contributed by atoms with Crippen LogP contribution in [0.1, 0.15) is 39.7 Å². The molecule has 0 saturated carbocycles. The molecule has 7 nitrogen and oxygen atoms in total. The molecule has 186 valence electrons. The number of para-hydroxylation sites is 2. The standard InChI is InChI=1S/C28H35N3O4/c1-18(29)26(32)30-25(28(2,3)4)27(33)31-16-22(35-21-10-6-5-7-11-21)15-20(31)14-19-17-34-24-13-9-8-12-23(19)24/h5-13,17-18,20,22,25H,14-16,29H2,1-4H3,(H,30,32)/t18-,20+,22-,25+/m0/s1. The Balaban J connectivity index is 1.61. The normalized spacial score (nSPS) is 20.0. The zero-order valence-corrected chi connectivity index (χ0v) is 20.9. The molecule has 3 aromatic rings. The van der Waals surface area contributed by atoms with Crippen LogP contribution in [-0.2, 0) is 16.0 Å². The molecule has 1 fully saturated rings. The number of likely N-dealkylation sites (tertiary alicyclic amines) is 1. The summed E-state index contributed by atoms with van der Waals surface area (Å²) in [6.45, 7) is 7.90. The monoisotopic (exact) mass is 477 g/mol. The highest BCUT2D eigenvalue weighted by Crippen LogP contribution is 2.31. The molecule has 0 unspecified atom stereocenters. The number of nitrogens with two attached hydrogens (primary N) is 1. The van der Waals surface area contributed by atoms with Gasteiger partial charge in [-0.15, -0.1) is 0 Å². The summed E-state index contributed by atoms with van der Waals surface area (Å²) in [7, 11) is 0. The second-order valence-corrected chi connectivity index (χ2v) is 10.5. The van der Waals surface area contributed by atoms with Crippen molar-refractivity contribution in [3.63, 3.8) is 0 Å². The molecule has 2 heterocycles. The molecule has 3 N–H and O–H groups in total. The van der Waals surface area contributed by atoms with Gasteiger partial charge in [0, 0.05) is 23.4 Å². The topological polar surface area (TPSA) is 97.8 Å². The smallest absolute Gasteiger partial charge is 0.246 e. The van der Waals surface area contributed by atoms with Crippen LogP contribution in [0.5, 0.6) is 5.75 Å². The van der Waals surface area contributed by atoms with E-state index in [4.69, 9.17) is 14.9 Å². The summed E-state index contributed by atoms with van der Waals surface area (Å²) < 4.78 is 12.0. The Morgan fingerprint density at radius 3 is 2.51 bits per heavy atom. The number of nitrogens with one attached hydrogen (secondary N) is 1. The van der Waals surface area contributed by atoms with Gasteiger partial charge in [0.15, 0.2) is 0 Å². The molecule has 0 spiro atoms. The maximum absolute atomic E-state index is 13.9. The number of carbonyl (C=O) groups is 2. The van der Waals surface area contributed by atoms with Gasteiger partial charge < -0.3 is 25.1 Å². The minimum absolute atomic E-state index is 0.103. The van der Waals surface area contributed by atoms with Crippen molar-refractivity contribution in [1.82, 2.24) is 10.2 Å². The zero-order chi connectivity index (χ0) is 25.2. The number of ether oxygens (including phenoxy) is 1. The van der Waals surface area contributed by atoms with Crippen molar-refractivity contribution in [2.75, 3.05) is 6.54 Å². The lowest BCUT2D eigenvalue weighted by molar-refractivity contribution is -0.140. The Hall–Kier alpha value is -3.32. The molecule has 1 aliphatic rings. The van der Waals surface area contributed by atoms with Gasteiger partial charge in [0.2, 0.25) is 11.8 Å². The van der Waals surface area contributed by atoms with E-state index in [-0.39, 0.29) is 24.0 Å². The molecule has 4 atom stereocenters. The van der Waals surface area contributed by atoms with Crippen LogP contribution < -0.4 is 15.8 Å². The summed E-state index contributed by atoms with van der Waals surface area (Å²) >= 11 is 0. The first-order valence-corrected chi connectivity index (χ1v) is 12.2. The van der Waals surface area contributed by atoms with Crippen LogP contribution in [0.4, 0.5) is 0 Å². The third-order valence-electron chi connectivity index (χ3n) is 6.53. The van der Waals surface area contributed by atoms with E-state index in [2.05, 4.69) is 5.32 Å². The maximum atomic E-state index is 13.9. The Kier molecular flexibility index (Phi) is 7.17. The van der Waals surface area contributed by atoms with E-state index in [9.17, 15) is 9.59 Å². The van der Waals surface area contributed by atoms with E-state index < -0.39 is 17.5 Å². The van der Waals surface area contributed by atoms with E-state index in [0.29, 0.717) is 19.4 Å². The number of hydrogen-bond donors (Lipinski definition) is 2. The van der Waals surface area contributed by atoms with Crippen molar-refractivity contribution in [1.29, 1.82) is 0 Å². The number of rotatable bonds is 7. The lowest BCUT2D eigenvalue weighted by atomic mass is 9.85. The molecule has 2 aromatic carbocycles. The Morgan fingerprint density at radius 1 is 1.14 bits per heavy atom. The third kappa shape index (κ3) is 5.68. The molecule has 0 aliphatic carbocycles. The van der Waals surface area contributed by atoms with E-state index in [1.54, 1.807) is 13.2 Å². The number of hydrogen-bond acceptors (Lipinski definition) is 5. The second kappa shape index (κ2) is 10.1. The first-order chi connectivity index (χ1) is 16.6. The van der Waals surface area contributed by atoms with E-state index in [1.807, 2.05) is 80.3 Å². The van der Waals surface area contributed by atoms with Crippen LogP contribution in [-0.4, -0.2) is 47.5 Å². The first kappa shape index (κ1) is 24.8. The highest BCUT2D eigenvalue weighted by atomic mass is 16.5. The maximum Gasteiger partial charge on any atom is 0.246 e. The van der Waals surface area contributed by atoms with E-state index in [1.165, 1.54) is 0 Å². The van der Waals surface area contributed by atoms with E-state index >= 15 is 0 Å². The van der Waals surface area contributed by atoms with Gasteiger partial charge in [-0.1, -0.05) is 57.2 Å². The molecule has 0 radical (unpaired) electrons. The van der Waals surface area contributed by atoms with Gasteiger partial charge in [-0.25, -0.2) is 0 Å². The summed E-state index contributed by atoms with van der Waals surface area (Å²) in [4.78, 5) is 28.3. The molecule has 7 heteroatoms. The molecule has 1 saturated heterocycles. The third-order valence-corrected chi connectivity index (χ3v) is 6.53. The molecule has 2 amide bonds. The number of amides is 2. The summed E-state index contributed by atoms with van der Waals surface area (Å²) in [5.74, 6) is 0.312. The number of carbonyl (C=O) groups excluding carboxylic acids is 2. The lowest BCUT2D eigenvalue weighted by Crippen LogP contribution is -2.58. The highest BCUT2D eigenvalue weighted by molar-refractivity contribution is 5.90. The van der Waals surface area contributed by atoms with Gasteiger partial charge in [-0.05, 0) is 37.0 Å². The fraction of sp³-hybridized carbons (Fsp3) is 0.429. The SMILES string of the molecule is C[C@H](N)C(=O)N[C@H](C(=O)N1C[C@@H](Oc2ccccc2)C[C@H]1Cc1coc2ccccc12)C(C)(C)C. The average Bonchev–Trinajstić information content (AvgIpc) is 3.41. The van der Waals surface area contributed by atoms with Crippen molar-refractivity contribution in [2.24, 2.45) is 11.1 Å². The van der Waals surface area contributed by atoms with Gasteiger partial charge in [0.05, 0.1) is 18.8 Å². The average molecular weight is 478 g/mol. The predicted octanol–water partition coefficient (Wildman–Crippen LogP) is 3.90. The number of fused-ring (bicyclic) bond motifs is 1. The van der Waals surface area contributed by atoms with Crippen LogP contribution in [0.2, 0.25) is 0 Å². The number of furan rings is 1. The molecule has 1 aliphatic heterocycles. The van der Waals surface area contributed by atoms with Crippen molar-refractivity contribution < 1.29 is 18.7 Å². The van der Waals surface area contributed by atoms with E-state index in [0.717, 1.165) is 22.3 Å². The lowest BCUT2D eigenvalue weighted by Gasteiger charge is -2.36. The van der Waals surface area contributed by atoms with Gasteiger partial charge in [0.25, 0.3) is 0 Å². The Bertz CT molecular complexity index is 1170. The van der Waals surface area contributed by atoms with Gasteiger partial charge >= 0.3 is 0 Å². The minimum Gasteiger partial charge on any atom is -0.489 e. The largest absolute Gasteiger partial charge is 0.489 e. The van der Waals surface area contributed by atoms with Crippen LogP contribution in [0, 0.1) is 5.41 Å². The van der Waals surface area contributed by atoms with Crippen molar-refractivity contribution in [3.05, 3.63) is 66.4 Å². The molecule has 4 rings (SSSR count). The van der Waals surface area contributed by atoms with Gasteiger partial charge in [0.1, 0.15) is 23.5 Å². The molecule has 1 aromatic heterocycles. The highest BCUT2D eigenvalue weighted by Gasteiger charge is 2.43. The second-order valence-electron chi connectivity index (χ2n) is 10.5. The summed E-state index contributed by atoms with van der Waals surface area (Å²) in [5.41, 5.74) is 7.18. The van der Waals surface area contributed by atoms with Gasteiger partial charge in [-0.3, -0.25) is 9.59 Å². The van der Waals surface area contributed by atoms with Crippen LogP contribution in [0.15, 0.2) is 65.3 Å². The van der Waals surface area contributed by atoms with Crippen molar-refractivity contribution in [3.8, 4) is 5.75 Å². The quantitative estimate of drug-likeness (QED) is 0.538. The fourth-order valence-corrected chi connectivity index (χ4v) is 4.65. The summed E-state index contributed by atoms with van der Waals surface area (Å²) in [6, 6.07) is 16.0. The molecular formula is C28H35N3O4. The van der Waals surface area contributed by atoms with Crippen LogP contribution in [0.25, 0.3) is 11.0 Å². The number of nitrogens with zero attached hydrogens (tertiary/aromatic N) is 1. The minimum atomic E-state index is -0.708. The Morgan fingerprint density at radius 2 is 1.83 bits per heavy atom. The van der Waals surface area contributed by atoms with Crippen molar-refractivity contribution >= 4 is 22.8 Å². The summed E-state index contributed by atoms with van der Waals surface area (Å²) in [6.07, 6.45) is 2.93. The van der Waals surface area contributed by atoms with Crippen LogP contribution >= 0.6 is 0 Å².